The van der Waals surface area contributed by atoms with E-state index in [1.807, 2.05) is 6.92 Å². The van der Waals surface area contributed by atoms with Crippen LogP contribution in [0.5, 0.6) is 0 Å². The highest BCUT2D eigenvalue weighted by molar-refractivity contribution is 5.69. The van der Waals surface area contributed by atoms with E-state index in [-0.39, 0.29) is 18.7 Å². The lowest BCUT2D eigenvalue weighted by Crippen LogP contribution is -2.39. The molecule has 0 radical (unpaired) electrons. The van der Waals surface area contributed by atoms with Gasteiger partial charge in [-0.05, 0) is 20.3 Å². The molecule has 94 valence electrons. The summed E-state index contributed by atoms with van der Waals surface area (Å²) in [7, 11) is 0. The molecule has 1 rings (SSSR count). The molecule has 1 fully saturated rings. The summed E-state index contributed by atoms with van der Waals surface area (Å²) in [5.74, 6) is -1.21. The molecular formula is C11H20O5. The summed E-state index contributed by atoms with van der Waals surface area (Å²) in [5, 5.41) is 9.43. The Labute approximate surface area is 95.7 Å². The molecule has 0 amide bonds. The predicted octanol–water partition coefficient (Wildman–Crippen LogP) is 0.842. The first kappa shape index (κ1) is 13.4. The number of ether oxygens (including phenoxy) is 3. The minimum Gasteiger partial charge on any atom is -0.463 e. The first-order chi connectivity index (χ1) is 7.48. The number of carbonyl (C=O) groups is 1. The molecule has 1 heterocycles. The molecule has 0 aromatic heterocycles. The van der Waals surface area contributed by atoms with Crippen molar-refractivity contribution in [2.45, 2.75) is 51.6 Å². The van der Waals surface area contributed by atoms with Gasteiger partial charge in [-0.1, -0.05) is 6.92 Å². The summed E-state index contributed by atoms with van der Waals surface area (Å²) in [6.45, 7) is 5.71. The van der Waals surface area contributed by atoms with Gasteiger partial charge in [-0.3, -0.25) is 4.79 Å². The lowest BCUT2D eigenvalue weighted by Gasteiger charge is -2.26. The zero-order valence-corrected chi connectivity index (χ0v) is 10.1. The fourth-order valence-electron chi connectivity index (χ4n) is 1.42. The lowest BCUT2D eigenvalue weighted by atomic mass is 10.2. The molecule has 0 bridgehead atoms. The molecule has 0 spiro atoms. The van der Waals surface area contributed by atoms with E-state index in [2.05, 4.69) is 0 Å². The molecule has 0 aliphatic carbocycles. The maximum atomic E-state index is 11.1. The van der Waals surface area contributed by atoms with Crippen LogP contribution in [0.15, 0.2) is 0 Å². The third-order valence-corrected chi connectivity index (χ3v) is 2.60. The van der Waals surface area contributed by atoms with Crippen LogP contribution < -0.4 is 0 Å². The summed E-state index contributed by atoms with van der Waals surface area (Å²) < 4.78 is 15.8. The van der Waals surface area contributed by atoms with E-state index in [0.29, 0.717) is 13.0 Å². The molecule has 0 aromatic carbocycles. The van der Waals surface area contributed by atoms with Crippen LogP contribution >= 0.6 is 0 Å². The van der Waals surface area contributed by atoms with E-state index >= 15 is 0 Å². The first-order valence-electron chi connectivity index (χ1n) is 5.63. The highest BCUT2D eigenvalue weighted by atomic mass is 16.8. The maximum absolute atomic E-state index is 11.1. The number of carbonyl (C=O) groups excluding carboxylic acids is 1. The Morgan fingerprint density at radius 3 is 2.88 bits per heavy atom. The van der Waals surface area contributed by atoms with Crippen LogP contribution in [-0.2, 0) is 19.0 Å². The van der Waals surface area contributed by atoms with Gasteiger partial charge in [0.25, 0.3) is 0 Å². The zero-order valence-electron chi connectivity index (χ0n) is 10.1. The van der Waals surface area contributed by atoms with Crippen LogP contribution in [0, 0.1) is 0 Å². The summed E-state index contributed by atoms with van der Waals surface area (Å²) in [4.78, 5) is 11.1. The van der Waals surface area contributed by atoms with Gasteiger partial charge in [-0.2, -0.15) is 0 Å². The van der Waals surface area contributed by atoms with E-state index in [0.717, 1.165) is 6.42 Å². The van der Waals surface area contributed by atoms with Crippen molar-refractivity contribution in [3.8, 4) is 0 Å². The van der Waals surface area contributed by atoms with Crippen molar-refractivity contribution < 1.29 is 24.1 Å². The van der Waals surface area contributed by atoms with Crippen LogP contribution in [0.1, 0.15) is 33.6 Å². The van der Waals surface area contributed by atoms with Crippen molar-refractivity contribution in [2.24, 2.45) is 0 Å². The monoisotopic (exact) mass is 232 g/mol. The van der Waals surface area contributed by atoms with Crippen LogP contribution in [-0.4, -0.2) is 42.3 Å². The second kappa shape index (κ2) is 5.61. The van der Waals surface area contributed by atoms with Crippen molar-refractivity contribution >= 4 is 5.97 Å². The number of rotatable bonds is 5. The van der Waals surface area contributed by atoms with Gasteiger partial charge in [0.15, 0.2) is 5.79 Å². The quantitative estimate of drug-likeness (QED) is 0.712. The fraction of sp³-hybridized carbons (Fsp3) is 0.909. The average molecular weight is 232 g/mol. The number of hydrogen-bond acceptors (Lipinski definition) is 5. The van der Waals surface area contributed by atoms with Gasteiger partial charge in [0.05, 0.1) is 6.61 Å². The maximum Gasteiger partial charge on any atom is 0.305 e. The van der Waals surface area contributed by atoms with Gasteiger partial charge in [-0.15, -0.1) is 0 Å². The number of aliphatic hydroxyl groups excluding tert-OH is 1. The molecule has 3 atom stereocenters. The van der Waals surface area contributed by atoms with E-state index in [9.17, 15) is 9.90 Å². The van der Waals surface area contributed by atoms with Crippen LogP contribution in [0.3, 0.4) is 0 Å². The lowest BCUT2D eigenvalue weighted by molar-refractivity contribution is -0.213. The highest BCUT2D eigenvalue weighted by Gasteiger charge is 2.41. The number of hydrogen-bond donors (Lipinski definition) is 1. The Morgan fingerprint density at radius 1 is 1.69 bits per heavy atom. The molecule has 3 unspecified atom stereocenters. The summed E-state index contributed by atoms with van der Waals surface area (Å²) in [5.41, 5.74) is 0. The average Bonchev–Trinajstić information content (AvgIpc) is 2.59. The van der Waals surface area contributed by atoms with Gasteiger partial charge in [-0.25, -0.2) is 0 Å². The smallest absolute Gasteiger partial charge is 0.305 e. The normalized spacial score (nSPS) is 31.4. The van der Waals surface area contributed by atoms with Crippen LogP contribution in [0.25, 0.3) is 0 Å². The molecule has 1 aliphatic rings. The van der Waals surface area contributed by atoms with Gasteiger partial charge >= 0.3 is 5.97 Å². The van der Waals surface area contributed by atoms with E-state index in [4.69, 9.17) is 14.2 Å². The van der Waals surface area contributed by atoms with E-state index in [1.54, 1.807) is 13.8 Å². The Balaban J connectivity index is 2.29. The molecule has 1 aliphatic heterocycles. The summed E-state index contributed by atoms with van der Waals surface area (Å²) in [6, 6.07) is 0. The molecule has 5 heteroatoms. The predicted molar refractivity (Wildman–Crippen MR) is 56.8 cm³/mol. The molecule has 0 saturated carbocycles. The number of esters is 1. The second-order valence-electron chi connectivity index (χ2n) is 4.18. The molecule has 5 nitrogen and oxygen atoms in total. The molecule has 1 saturated heterocycles. The minimum absolute atomic E-state index is 0.182. The molecule has 1 N–H and O–H groups in total. The van der Waals surface area contributed by atoms with Crippen molar-refractivity contribution in [1.82, 2.24) is 0 Å². The SMILES string of the molecule is CCCC(=O)OCC1COC(C)(C(C)O)O1. The van der Waals surface area contributed by atoms with Gasteiger partial charge in [0.1, 0.15) is 18.8 Å². The van der Waals surface area contributed by atoms with Crippen molar-refractivity contribution in [3.63, 3.8) is 0 Å². The van der Waals surface area contributed by atoms with Crippen LogP contribution in [0.2, 0.25) is 0 Å². The Hall–Kier alpha value is -0.650. The zero-order chi connectivity index (χ0) is 12.2. The summed E-state index contributed by atoms with van der Waals surface area (Å²) >= 11 is 0. The Morgan fingerprint density at radius 2 is 2.38 bits per heavy atom. The highest BCUT2D eigenvalue weighted by Crippen LogP contribution is 2.26. The summed E-state index contributed by atoms with van der Waals surface area (Å²) in [6.07, 6.45) is 0.178. The third-order valence-electron chi connectivity index (χ3n) is 2.60. The standard InChI is InChI=1S/C11H20O5/c1-4-5-10(13)14-6-9-7-15-11(3,16-9)8(2)12/h8-9,12H,4-7H2,1-3H3. The molecule has 16 heavy (non-hydrogen) atoms. The largest absolute Gasteiger partial charge is 0.463 e. The Kier molecular flexibility index (Phi) is 4.70. The minimum atomic E-state index is -0.984. The fourth-order valence-corrected chi connectivity index (χ4v) is 1.42. The van der Waals surface area contributed by atoms with E-state index in [1.165, 1.54) is 0 Å². The van der Waals surface area contributed by atoms with Crippen molar-refractivity contribution in [3.05, 3.63) is 0 Å². The molecular weight excluding hydrogens is 212 g/mol. The van der Waals surface area contributed by atoms with E-state index < -0.39 is 11.9 Å². The topological polar surface area (TPSA) is 65.0 Å². The number of aliphatic hydroxyl groups is 1. The molecule has 0 aromatic rings. The van der Waals surface area contributed by atoms with Crippen LogP contribution in [0.4, 0.5) is 0 Å². The van der Waals surface area contributed by atoms with Gasteiger partial charge < -0.3 is 19.3 Å². The van der Waals surface area contributed by atoms with Gasteiger partial charge in [0.2, 0.25) is 0 Å². The Bertz CT molecular complexity index is 241. The van der Waals surface area contributed by atoms with Crippen molar-refractivity contribution in [1.29, 1.82) is 0 Å². The van der Waals surface area contributed by atoms with Crippen molar-refractivity contribution in [2.75, 3.05) is 13.2 Å². The first-order valence-corrected chi connectivity index (χ1v) is 5.63. The van der Waals surface area contributed by atoms with Gasteiger partial charge in [0, 0.05) is 6.42 Å². The third kappa shape index (κ3) is 3.43. The second-order valence-corrected chi connectivity index (χ2v) is 4.18.